The highest BCUT2D eigenvalue weighted by Gasteiger charge is 2.15. The summed E-state index contributed by atoms with van der Waals surface area (Å²) in [5.41, 5.74) is 2.57. The topological polar surface area (TPSA) is 106 Å². The fourth-order valence-electron chi connectivity index (χ4n) is 3.39. The molecule has 0 heterocycles. The number of para-hydroxylation sites is 1. The summed E-state index contributed by atoms with van der Waals surface area (Å²) < 4.78 is 11.1. The molecule has 0 aliphatic carbocycles. The molecule has 0 aliphatic rings. The summed E-state index contributed by atoms with van der Waals surface area (Å²) in [5.74, 6) is -0.100. The number of nitrogens with one attached hydrogen (secondary N) is 3. The Morgan fingerprint density at radius 3 is 2.20 bits per heavy atom. The van der Waals surface area contributed by atoms with Crippen molar-refractivity contribution in [3.05, 3.63) is 83.4 Å². The molecule has 3 aromatic carbocycles. The van der Waals surface area contributed by atoms with Crippen molar-refractivity contribution in [1.29, 1.82) is 0 Å². The Hall–Kier alpha value is -4.33. The first-order chi connectivity index (χ1) is 16.9. The lowest BCUT2D eigenvalue weighted by atomic mass is 10.1. The predicted octanol–water partition coefficient (Wildman–Crippen LogP) is 4.41. The Kier molecular flexibility index (Phi) is 8.83. The Bertz CT molecular complexity index is 1190. The van der Waals surface area contributed by atoms with Crippen LogP contribution in [0, 0.1) is 6.92 Å². The van der Waals surface area contributed by atoms with Crippen molar-refractivity contribution < 1.29 is 23.9 Å². The molecule has 182 valence electrons. The van der Waals surface area contributed by atoms with Gasteiger partial charge in [-0.25, -0.2) is 0 Å². The van der Waals surface area contributed by atoms with Crippen LogP contribution >= 0.6 is 0 Å². The molecule has 3 aromatic rings. The van der Waals surface area contributed by atoms with E-state index >= 15 is 0 Å². The Balaban J connectivity index is 1.62. The average Bonchev–Trinajstić information content (AvgIpc) is 2.85. The maximum atomic E-state index is 12.7. The molecule has 3 N–H and O–H groups in total. The third kappa shape index (κ3) is 6.83. The lowest BCUT2D eigenvalue weighted by molar-refractivity contribution is -0.115. The number of hydrogen-bond donors (Lipinski definition) is 3. The lowest BCUT2D eigenvalue weighted by Crippen LogP contribution is -2.33. The maximum Gasteiger partial charge on any atom is 0.256 e. The van der Waals surface area contributed by atoms with Gasteiger partial charge in [-0.15, -0.1) is 0 Å². The lowest BCUT2D eigenvalue weighted by Gasteiger charge is -2.14. The molecular weight excluding hydrogens is 446 g/mol. The number of carbonyl (C=O) groups is 3. The van der Waals surface area contributed by atoms with Gasteiger partial charge in [0.05, 0.1) is 19.8 Å². The molecule has 0 atom stereocenters. The fraction of sp³-hybridized carbons (Fsp3) is 0.222. The summed E-state index contributed by atoms with van der Waals surface area (Å²) >= 11 is 0. The summed E-state index contributed by atoms with van der Waals surface area (Å²) in [5, 5.41) is 8.19. The molecule has 0 aromatic heterocycles. The molecule has 0 aliphatic heterocycles. The minimum atomic E-state index is -0.420. The molecule has 0 fully saturated rings. The van der Waals surface area contributed by atoms with Crippen LogP contribution in [-0.2, 0) is 4.79 Å². The van der Waals surface area contributed by atoms with Gasteiger partial charge in [0, 0.05) is 22.5 Å². The van der Waals surface area contributed by atoms with Crippen LogP contribution in [0.4, 0.5) is 11.4 Å². The largest absolute Gasteiger partial charge is 0.490 e. The normalized spacial score (nSPS) is 10.3. The van der Waals surface area contributed by atoms with E-state index in [4.69, 9.17) is 9.47 Å². The van der Waals surface area contributed by atoms with Crippen molar-refractivity contribution in [2.75, 3.05) is 30.4 Å². The molecular formula is C27H29N3O5. The zero-order valence-electron chi connectivity index (χ0n) is 20.0. The number of amides is 3. The zero-order chi connectivity index (χ0) is 25.2. The van der Waals surface area contributed by atoms with Crippen LogP contribution in [0.1, 0.15) is 40.1 Å². The van der Waals surface area contributed by atoms with E-state index in [1.807, 2.05) is 32.0 Å². The van der Waals surface area contributed by atoms with Gasteiger partial charge in [-0.1, -0.05) is 24.3 Å². The Morgan fingerprint density at radius 2 is 1.49 bits per heavy atom. The van der Waals surface area contributed by atoms with Crippen LogP contribution in [0.15, 0.2) is 66.7 Å². The first kappa shape index (κ1) is 25.3. The molecule has 0 saturated heterocycles. The van der Waals surface area contributed by atoms with Crippen molar-refractivity contribution in [2.45, 2.75) is 20.8 Å². The second-order valence-electron chi connectivity index (χ2n) is 7.56. The van der Waals surface area contributed by atoms with Gasteiger partial charge in [-0.05, 0) is 68.8 Å². The summed E-state index contributed by atoms with van der Waals surface area (Å²) in [7, 11) is 0. The standard InChI is InChI=1S/C27H29N3O5/c1-4-34-23-15-14-19(16-24(23)35-5-2)26(32)28-17-25(31)30-22-13-9-12-21(18(22)3)27(33)29-20-10-7-6-8-11-20/h6-16H,4-5,17H2,1-3H3,(H,28,32)(H,29,33)(H,30,31). The maximum absolute atomic E-state index is 12.7. The molecule has 8 nitrogen and oxygen atoms in total. The summed E-state index contributed by atoms with van der Waals surface area (Å²) in [4.78, 5) is 37.8. The molecule has 0 radical (unpaired) electrons. The number of anilines is 2. The first-order valence-corrected chi connectivity index (χ1v) is 11.4. The zero-order valence-corrected chi connectivity index (χ0v) is 20.0. The van der Waals surface area contributed by atoms with E-state index in [1.165, 1.54) is 0 Å². The third-order valence-electron chi connectivity index (χ3n) is 5.10. The van der Waals surface area contributed by atoms with Crippen molar-refractivity contribution >= 4 is 29.1 Å². The van der Waals surface area contributed by atoms with E-state index < -0.39 is 11.8 Å². The van der Waals surface area contributed by atoms with Gasteiger partial charge in [0.1, 0.15) is 0 Å². The number of benzene rings is 3. The van der Waals surface area contributed by atoms with Crippen LogP contribution in [0.3, 0.4) is 0 Å². The quantitative estimate of drug-likeness (QED) is 0.403. The smallest absolute Gasteiger partial charge is 0.256 e. The second-order valence-corrected chi connectivity index (χ2v) is 7.56. The van der Waals surface area contributed by atoms with Crippen molar-refractivity contribution in [1.82, 2.24) is 5.32 Å². The third-order valence-corrected chi connectivity index (χ3v) is 5.10. The van der Waals surface area contributed by atoms with E-state index in [0.29, 0.717) is 52.8 Å². The monoisotopic (exact) mass is 475 g/mol. The molecule has 0 spiro atoms. The number of carbonyl (C=O) groups excluding carboxylic acids is 3. The Labute approximate surface area is 204 Å². The highest BCUT2D eigenvalue weighted by Crippen LogP contribution is 2.28. The highest BCUT2D eigenvalue weighted by molar-refractivity contribution is 6.07. The predicted molar refractivity (Wildman–Crippen MR) is 135 cm³/mol. The van der Waals surface area contributed by atoms with Crippen LogP contribution in [0.25, 0.3) is 0 Å². The summed E-state index contributed by atoms with van der Waals surface area (Å²) in [6.07, 6.45) is 0. The van der Waals surface area contributed by atoms with Crippen LogP contribution in [-0.4, -0.2) is 37.5 Å². The Morgan fingerprint density at radius 1 is 0.771 bits per heavy atom. The van der Waals surface area contributed by atoms with Gasteiger partial charge < -0.3 is 25.4 Å². The van der Waals surface area contributed by atoms with Gasteiger partial charge >= 0.3 is 0 Å². The fourth-order valence-corrected chi connectivity index (χ4v) is 3.39. The minimum absolute atomic E-state index is 0.240. The summed E-state index contributed by atoms with van der Waals surface area (Å²) in [6, 6.07) is 19.1. The van der Waals surface area contributed by atoms with E-state index in [2.05, 4.69) is 16.0 Å². The van der Waals surface area contributed by atoms with Crippen molar-refractivity contribution in [3.8, 4) is 11.5 Å². The molecule has 0 saturated carbocycles. The minimum Gasteiger partial charge on any atom is -0.490 e. The number of ether oxygens (including phenoxy) is 2. The number of rotatable bonds is 10. The van der Waals surface area contributed by atoms with E-state index in [0.717, 1.165) is 0 Å². The van der Waals surface area contributed by atoms with Crippen molar-refractivity contribution in [3.63, 3.8) is 0 Å². The second kappa shape index (κ2) is 12.2. The average molecular weight is 476 g/mol. The van der Waals surface area contributed by atoms with Crippen molar-refractivity contribution in [2.24, 2.45) is 0 Å². The molecule has 3 rings (SSSR count). The molecule has 0 bridgehead atoms. The molecule has 3 amide bonds. The highest BCUT2D eigenvalue weighted by atomic mass is 16.5. The molecule has 8 heteroatoms. The number of hydrogen-bond acceptors (Lipinski definition) is 5. The van der Waals surface area contributed by atoms with Crippen LogP contribution in [0.2, 0.25) is 0 Å². The van der Waals surface area contributed by atoms with E-state index in [-0.39, 0.29) is 12.5 Å². The first-order valence-electron chi connectivity index (χ1n) is 11.4. The van der Waals surface area contributed by atoms with Gasteiger partial charge in [-0.3, -0.25) is 14.4 Å². The van der Waals surface area contributed by atoms with E-state index in [9.17, 15) is 14.4 Å². The van der Waals surface area contributed by atoms with Gasteiger partial charge in [0.2, 0.25) is 5.91 Å². The molecule has 0 unspecified atom stereocenters. The SMILES string of the molecule is CCOc1ccc(C(=O)NCC(=O)Nc2cccc(C(=O)Nc3ccccc3)c2C)cc1OCC. The van der Waals surface area contributed by atoms with Crippen LogP contribution < -0.4 is 25.4 Å². The van der Waals surface area contributed by atoms with E-state index in [1.54, 1.807) is 55.5 Å². The molecule has 35 heavy (non-hydrogen) atoms. The summed E-state index contributed by atoms with van der Waals surface area (Å²) in [6.45, 7) is 6.12. The van der Waals surface area contributed by atoms with Crippen LogP contribution in [0.5, 0.6) is 11.5 Å². The van der Waals surface area contributed by atoms with Gasteiger partial charge in [0.25, 0.3) is 11.8 Å². The van der Waals surface area contributed by atoms with Gasteiger partial charge in [-0.2, -0.15) is 0 Å². The van der Waals surface area contributed by atoms with Gasteiger partial charge in [0.15, 0.2) is 11.5 Å².